The Morgan fingerprint density at radius 1 is 0.864 bits per heavy atom. The van der Waals surface area contributed by atoms with Gasteiger partial charge in [0.05, 0.1) is 11.4 Å². The van der Waals surface area contributed by atoms with E-state index in [4.69, 9.17) is 5.73 Å². The van der Waals surface area contributed by atoms with E-state index in [2.05, 4.69) is 23.0 Å². The monoisotopic (exact) mass is 295 g/mol. The van der Waals surface area contributed by atoms with E-state index in [1.54, 1.807) is 0 Å². The van der Waals surface area contributed by atoms with Gasteiger partial charge >= 0.3 is 0 Å². The highest BCUT2D eigenvalue weighted by atomic mass is 15.4. The first-order chi connectivity index (χ1) is 10.8. The summed E-state index contributed by atoms with van der Waals surface area (Å²) in [6.07, 6.45) is 7.59. The number of benzene rings is 2. The number of allylic oxidation sites excluding steroid dienone is 4. The third-order valence-electron chi connectivity index (χ3n) is 3.81. The van der Waals surface area contributed by atoms with Crippen molar-refractivity contribution in [3.63, 3.8) is 0 Å². The van der Waals surface area contributed by atoms with Gasteiger partial charge in [0.15, 0.2) is 0 Å². The summed E-state index contributed by atoms with van der Waals surface area (Å²) in [6.45, 7) is 0. The fourth-order valence-corrected chi connectivity index (χ4v) is 2.43. The number of hydrogen-bond donors (Lipinski definition) is 3. The molecule has 2 atom stereocenters. The summed E-state index contributed by atoms with van der Waals surface area (Å²) in [6, 6.07) is 20.0. The second-order valence-corrected chi connectivity index (χ2v) is 5.54. The molecule has 1 saturated carbocycles. The number of hydrazine groups is 1. The summed E-state index contributed by atoms with van der Waals surface area (Å²) >= 11 is 0. The summed E-state index contributed by atoms with van der Waals surface area (Å²) in [4.78, 5) is 0. The first kappa shape index (κ1) is 14.3. The summed E-state index contributed by atoms with van der Waals surface area (Å²) in [5.74, 6) is 1.53. The Balaban J connectivity index is 0.000000247. The molecule has 4 rings (SSSR count). The van der Waals surface area contributed by atoms with Crippen molar-refractivity contribution in [2.75, 3.05) is 10.9 Å². The Labute approximate surface area is 134 Å². The highest BCUT2D eigenvalue weighted by Crippen LogP contribution is 2.45. The van der Waals surface area contributed by atoms with Crippen molar-refractivity contribution in [2.24, 2.45) is 17.6 Å². The molecular formula is C19H25N3. The van der Waals surface area contributed by atoms with Crippen molar-refractivity contribution in [2.45, 2.75) is 6.42 Å². The van der Waals surface area contributed by atoms with Crippen LogP contribution in [-0.4, -0.2) is 0 Å². The minimum Gasteiger partial charge on any atom is -0.402 e. The number of para-hydroxylation sites is 2. The molecule has 0 amide bonds. The van der Waals surface area contributed by atoms with E-state index in [-0.39, 0.29) is 2.85 Å². The van der Waals surface area contributed by atoms with Crippen LogP contribution in [-0.2, 0) is 0 Å². The zero-order valence-corrected chi connectivity index (χ0v) is 12.4. The maximum atomic E-state index is 5.63. The van der Waals surface area contributed by atoms with Gasteiger partial charge in [-0.05, 0) is 42.7 Å². The molecule has 22 heavy (non-hydrogen) atoms. The first-order valence-electron chi connectivity index (χ1n) is 7.59. The Hall–Kier alpha value is -2.68. The highest BCUT2D eigenvalue weighted by Gasteiger charge is 2.37. The van der Waals surface area contributed by atoms with Crippen molar-refractivity contribution in [3.8, 4) is 0 Å². The number of rotatable bonds is 3. The van der Waals surface area contributed by atoms with Gasteiger partial charge in [-0.15, -0.1) is 0 Å². The lowest BCUT2D eigenvalue weighted by Gasteiger charge is -2.08. The Morgan fingerprint density at radius 3 is 1.86 bits per heavy atom. The van der Waals surface area contributed by atoms with Gasteiger partial charge in [-0.3, -0.25) is 0 Å². The molecule has 2 aliphatic carbocycles. The molecule has 4 N–H and O–H groups in total. The average molecular weight is 295 g/mol. The molecule has 2 aromatic carbocycles. The van der Waals surface area contributed by atoms with Crippen LogP contribution in [0.4, 0.5) is 11.4 Å². The molecule has 0 spiro atoms. The molecule has 0 aliphatic heterocycles. The van der Waals surface area contributed by atoms with Crippen LogP contribution < -0.4 is 16.6 Å². The van der Waals surface area contributed by atoms with E-state index < -0.39 is 0 Å². The summed E-state index contributed by atoms with van der Waals surface area (Å²) in [7, 11) is 0. The van der Waals surface area contributed by atoms with Gasteiger partial charge in [-0.2, -0.15) is 0 Å². The van der Waals surface area contributed by atoms with Crippen LogP contribution in [0.3, 0.4) is 0 Å². The molecular weight excluding hydrogens is 270 g/mol. The second kappa shape index (κ2) is 6.85. The summed E-state index contributed by atoms with van der Waals surface area (Å²) in [5.41, 5.74) is 15.0. The van der Waals surface area contributed by atoms with Crippen LogP contribution >= 0.6 is 0 Å². The maximum absolute atomic E-state index is 5.63. The predicted octanol–water partition coefficient (Wildman–Crippen LogP) is 4.65. The van der Waals surface area contributed by atoms with Crippen LogP contribution in [0.5, 0.6) is 0 Å². The lowest BCUT2D eigenvalue weighted by atomic mass is 10.1. The predicted molar refractivity (Wildman–Crippen MR) is 97.4 cm³/mol. The quantitative estimate of drug-likeness (QED) is 0.722. The van der Waals surface area contributed by atoms with Crippen LogP contribution in [0.15, 0.2) is 84.6 Å². The van der Waals surface area contributed by atoms with Gasteiger partial charge in [0.1, 0.15) is 0 Å². The van der Waals surface area contributed by atoms with Gasteiger partial charge in [0.25, 0.3) is 0 Å². The molecule has 3 nitrogen and oxygen atoms in total. The maximum Gasteiger partial charge on any atom is 0.0539 e. The Morgan fingerprint density at radius 2 is 1.41 bits per heavy atom. The normalized spacial score (nSPS) is 20.8. The Kier molecular flexibility index (Phi) is 4.44. The van der Waals surface area contributed by atoms with Crippen molar-refractivity contribution < 1.29 is 2.85 Å². The fraction of sp³-hybridized carbons (Fsp3) is 0.158. The Bertz CT molecular complexity index is 617. The smallest absolute Gasteiger partial charge is 0.0539 e. The number of fused-ring (bicyclic) bond motifs is 1. The molecule has 0 radical (unpaired) electrons. The molecule has 0 bridgehead atoms. The van der Waals surface area contributed by atoms with Crippen LogP contribution in [0.25, 0.3) is 0 Å². The molecule has 3 heteroatoms. The SMILES string of the molecule is NC1=CC=CC2CC12.[HH].[HH].c1ccc(NNc2ccccc2)cc1. The zero-order chi connectivity index (χ0) is 15.2. The third-order valence-corrected chi connectivity index (χ3v) is 3.81. The van der Waals surface area contributed by atoms with Crippen molar-refractivity contribution >= 4 is 11.4 Å². The van der Waals surface area contributed by atoms with E-state index >= 15 is 0 Å². The highest BCUT2D eigenvalue weighted by molar-refractivity contribution is 5.51. The number of hydrogen-bond acceptors (Lipinski definition) is 3. The minimum atomic E-state index is 0. The molecule has 0 heterocycles. The first-order valence-corrected chi connectivity index (χ1v) is 7.59. The topological polar surface area (TPSA) is 50.1 Å². The molecule has 1 fully saturated rings. The van der Waals surface area contributed by atoms with Crippen molar-refractivity contribution in [3.05, 3.63) is 84.6 Å². The third kappa shape index (κ3) is 3.92. The lowest BCUT2D eigenvalue weighted by Crippen LogP contribution is -2.07. The summed E-state index contributed by atoms with van der Waals surface area (Å²) < 4.78 is 0. The van der Waals surface area contributed by atoms with Gasteiger partial charge in [-0.25, -0.2) is 0 Å². The average Bonchev–Trinajstić information content (AvgIpc) is 3.37. The van der Waals surface area contributed by atoms with E-state index in [1.807, 2.05) is 66.7 Å². The van der Waals surface area contributed by atoms with E-state index in [9.17, 15) is 0 Å². The fourth-order valence-electron chi connectivity index (χ4n) is 2.43. The molecule has 116 valence electrons. The van der Waals surface area contributed by atoms with Crippen LogP contribution in [0, 0.1) is 11.8 Å². The second-order valence-electron chi connectivity index (χ2n) is 5.54. The molecule has 0 aromatic heterocycles. The van der Waals surface area contributed by atoms with Crippen molar-refractivity contribution in [1.82, 2.24) is 0 Å². The van der Waals surface area contributed by atoms with Gasteiger partial charge in [0, 0.05) is 14.5 Å². The van der Waals surface area contributed by atoms with Gasteiger partial charge in [-0.1, -0.05) is 48.6 Å². The van der Waals surface area contributed by atoms with E-state index in [0.29, 0.717) is 0 Å². The summed E-state index contributed by atoms with van der Waals surface area (Å²) in [5, 5.41) is 0. The minimum absolute atomic E-state index is 0. The number of nitrogens with one attached hydrogen (secondary N) is 2. The van der Waals surface area contributed by atoms with Gasteiger partial charge in [0.2, 0.25) is 0 Å². The van der Waals surface area contributed by atoms with E-state index in [0.717, 1.165) is 28.9 Å². The largest absolute Gasteiger partial charge is 0.402 e. The molecule has 0 saturated heterocycles. The standard InChI is InChI=1S/C12H12N2.C7H9N.2H2/c1-3-7-11(8-4-1)13-14-12-9-5-2-6-10-12;8-7-3-1-2-5-4-6(5)7;;/h1-10,13-14H;1-3,5-6H,4,8H2;2*1H. The number of nitrogens with two attached hydrogens (primary N) is 1. The lowest BCUT2D eigenvalue weighted by molar-refractivity contribution is 0.893. The van der Waals surface area contributed by atoms with Crippen LogP contribution in [0.1, 0.15) is 9.27 Å². The molecule has 2 unspecified atom stereocenters. The molecule has 2 aliphatic rings. The van der Waals surface area contributed by atoms with E-state index in [1.165, 1.54) is 6.42 Å². The van der Waals surface area contributed by atoms with Gasteiger partial charge < -0.3 is 16.6 Å². The number of anilines is 2. The zero-order valence-electron chi connectivity index (χ0n) is 12.4. The molecule has 2 aromatic rings. The van der Waals surface area contributed by atoms with Crippen LogP contribution in [0.2, 0.25) is 0 Å². The van der Waals surface area contributed by atoms with Crippen molar-refractivity contribution in [1.29, 1.82) is 0 Å².